The van der Waals surface area contributed by atoms with E-state index >= 15 is 0 Å². The molecule has 0 saturated heterocycles. The number of hydrogen-bond donors (Lipinski definition) is 1. The lowest BCUT2D eigenvalue weighted by Gasteiger charge is -2.09. The molecule has 0 unspecified atom stereocenters. The zero-order valence-corrected chi connectivity index (χ0v) is 8.71. The van der Waals surface area contributed by atoms with Crippen LogP contribution < -0.4 is 10.5 Å². The van der Waals surface area contributed by atoms with E-state index in [1.807, 2.05) is 12.1 Å². The van der Waals surface area contributed by atoms with Crippen LogP contribution in [0, 0.1) is 11.3 Å². The lowest BCUT2D eigenvalue weighted by Crippen LogP contribution is -2.08. The first-order chi connectivity index (χ1) is 6.19. The van der Waals surface area contributed by atoms with E-state index in [-0.39, 0.29) is 0 Å². The Labute approximate surface area is 85.2 Å². The molecule has 0 radical (unpaired) electrons. The van der Waals surface area contributed by atoms with Crippen molar-refractivity contribution in [2.24, 2.45) is 5.73 Å². The second-order valence-corrected chi connectivity index (χ2v) is 3.41. The Kier molecular flexibility index (Phi) is 3.29. The second-order valence-electron chi connectivity index (χ2n) is 2.49. The third-order valence-corrected chi connectivity index (χ3v) is 2.16. The Balaban J connectivity index is 3.17. The fourth-order valence-corrected chi connectivity index (χ4v) is 1.40. The number of ether oxygens (including phenoxy) is 1. The predicted octanol–water partition coefficient (Wildman–Crippen LogP) is 1.98. The van der Waals surface area contributed by atoms with Crippen molar-refractivity contribution in [2.45, 2.75) is 6.04 Å². The molecule has 1 atom stereocenters. The van der Waals surface area contributed by atoms with Crippen molar-refractivity contribution in [3.63, 3.8) is 0 Å². The summed E-state index contributed by atoms with van der Waals surface area (Å²) in [4.78, 5) is 0. The molecule has 0 heterocycles. The monoisotopic (exact) mass is 240 g/mol. The number of halogens is 1. The lowest BCUT2D eigenvalue weighted by molar-refractivity contribution is 0.408. The van der Waals surface area contributed by atoms with Crippen LogP contribution in [0.15, 0.2) is 22.7 Å². The number of benzene rings is 1. The van der Waals surface area contributed by atoms with E-state index in [0.717, 1.165) is 4.47 Å². The molecular formula is C9H9BrN2O. The summed E-state index contributed by atoms with van der Waals surface area (Å²) in [6.07, 6.45) is 0. The molecule has 13 heavy (non-hydrogen) atoms. The van der Waals surface area contributed by atoms with Gasteiger partial charge in [-0.15, -0.1) is 0 Å². The minimum Gasteiger partial charge on any atom is -0.496 e. The molecule has 1 aromatic carbocycles. The van der Waals surface area contributed by atoms with Gasteiger partial charge in [0.2, 0.25) is 0 Å². The predicted molar refractivity (Wildman–Crippen MR) is 53.2 cm³/mol. The normalized spacial score (nSPS) is 11.8. The van der Waals surface area contributed by atoms with Crippen molar-refractivity contribution in [1.82, 2.24) is 0 Å². The first-order valence-electron chi connectivity index (χ1n) is 3.67. The van der Waals surface area contributed by atoms with Gasteiger partial charge in [0.25, 0.3) is 0 Å². The molecule has 0 amide bonds. The average molecular weight is 241 g/mol. The van der Waals surface area contributed by atoms with E-state index in [4.69, 9.17) is 15.7 Å². The van der Waals surface area contributed by atoms with Gasteiger partial charge in [0.05, 0.1) is 13.2 Å². The van der Waals surface area contributed by atoms with Crippen molar-refractivity contribution in [1.29, 1.82) is 5.26 Å². The highest BCUT2D eigenvalue weighted by Crippen LogP contribution is 2.26. The maximum absolute atomic E-state index is 8.65. The van der Waals surface area contributed by atoms with Gasteiger partial charge in [0, 0.05) is 10.0 Å². The topological polar surface area (TPSA) is 59.0 Å². The summed E-state index contributed by atoms with van der Waals surface area (Å²) in [7, 11) is 1.55. The highest BCUT2D eigenvalue weighted by atomic mass is 79.9. The zero-order chi connectivity index (χ0) is 9.84. The highest BCUT2D eigenvalue weighted by Gasteiger charge is 2.10. The summed E-state index contributed by atoms with van der Waals surface area (Å²) in [5.41, 5.74) is 6.27. The minimum atomic E-state index is -0.646. The standard InChI is InChI=1S/C9H9BrN2O/c1-13-9-3-2-6(10)4-7(9)8(12)5-11/h2-4,8H,12H2,1H3/t8-/m0/s1. The first-order valence-corrected chi connectivity index (χ1v) is 4.47. The highest BCUT2D eigenvalue weighted by molar-refractivity contribution is 9.10. The maximum Gasteiger partial charge on any atom is 0.124 e. The molecule has 0 aromatic heterocycles. The van der Waals surface area contributed by atoms with Crippen molar-refractivity contribution in [2.75, 3.05) is 7.11 Å². The van der Waals surface area contributed by atoms with Crippen LogP contribution in [-0.4, -0.2) is 7.11 Å². The molecule has 68 valence electrons. The molecule has 4 heteroatoms. The third kappa shape index (κ3) is 2.20. The van der Waals surface area contributed by atoms with Crippen molar-refractivity contribution in [3.8, 4) is 11.8 Å². The Hall–Kier alpha value is -1.05. The number of hydrogen-bond acceptors (Lipinski definition) is 3. The third-order valence-electron chi connectivity index (χ3n) is 1.67. The van der Waals surface area contributed by atoms with E-state index in [1.165, 1.54) is 0 Å². The van der Waals surface area contributed by atoms with E-state index in [2.05, 4.69) is 15.9 Å². The van der Waals surface area contributed by atoms with Crippen LogP contribution in [-0.2, 0) is 0 Å². The van der Waals surface area contributed by atoms with Gasteiger partial charge in [-0.05, 0) is 18.2 Å². The molecule has 2 N–H and O–H groups in total. The number of methoxy groups -OCH3 is 1. The van der Waals surface area contributed by atoms with E-state index in [0.29, 0.717) is 11.3 Å². The Bertz CT molecular complexity index is 346. The molecule has 1 aromatic rings. The average Bonchev–Trinajstić information content (AvgIpc) is 2.16. The minimum absolute atomic E-state index is 0.636. The Morgan fingerprint density at radius 1 is 1.62 bits per heavy atom. The fraction of sp³-hybridized carbons (Fsp3) is 0.222. The van der Waals surface area contributed by atoms with Gasteiger partial charge in [-0.1, -0.05) is 15.9 Å². The van der Waals surface area contributed by atoms with Crippen LogP contribution >= 0.6 is 15.9 Å². The largest absolute Gasteiger partial charge is 0.496 e. The van der Waals surface area contributed by atoms with Crippen LogP contribution in [0.25, 0.3) is 0 Å². The van der Waals surface area contributed by atoms with Gasteiger partial charge in [0.15, 0.2) is 0 Å². The first kappa shape index (κ1) is 10.0. The molecule has 0 aliphatic heterocycles. The summed E-state index contributed by atoms with van der Waals surface area (Å²) in [6.45, 7) is 0. The molecule has 0 spiro atoms. The molecule has 0 aliphatic rings. The van der Waals surface area contributed by atoms with Crippen LogP contribution in [0.2, 0.25) is 0 Å². The van der Waals surface area contributed by atoms with Crippen molar-refractivity contribution in [3.05, 3.63) is 28.2 Å². The van der Waals surface area contributed by atoms with E-state index < -0.39 is 6.04 Å². The molecule has 3 nitrogen and oxygen atoms in total. The van der Waals surface area contributed by atoms with Crippen LogP contribution in [0.5, 0.6) is 5.75 Å². The van der Waals surface area contributed by atoms with Crippen LogP contribution in [0.4, 0.5) is 0 Å². The van der Waals surface area contributed by atoms with Gasteiger partial charge in [0.1, 0.15) is 11.8 Å². The summed E-state index contributed by atoms with van der Waals surface area (Å²) < 4.78 is 5.95. The van der Waals surface area contributed by atoms with E-state index in [1.54, 1.807) is 19.2 Å². The summed E-state index contributed by atoms with van der Waals surface area (Å²) in [5, 5.41) is 8.65. The van der Waals surface area contributed by atoms with Crippen LogP contribution in [0.1, 0.15) is 11.6 Å². The fourth-order valence-electron chi connectivity index (χ4n) is 1.02. The number of rotatable bonds is 2. The van der Waals surface area contributed by atoms with Gasteiger partial charge >= 0.3 is 0 Å². The zero-order valence-electron chi connectivity index (χ0n) is 7.12. The van der Waals surface area contributed by atoms with Gasteiger partial charge in [-0.3, -0.25) is 0 Å². The maximum atomic E-state index is 8.65. The quantitative estimate of drug-likeness (QED) is 0.861. The number of nitrogens with two attached hydrogens (primary N) is 1. The molecule has 0 saturated carbocycles. The molecular weight excluding hydrogens is 232 g/mol. The van der Waals surface area contributed by atoms with Crippen molar-refractivity contribution < 1.29 is 4.74 Å². The number of nitrogens with zero attached hydrogens (tertiary/aromatic N) is 1. The SMILES string of the molecule is COc1ccc(Br)cc1[C@@H](N)C#N. The summed E-state index contributed by atoms with van der Waals surface area (Å²) in [5.74, 6) is 0.636. The van der Waals surface area contributed by atoms with Gasteiger partial charge in [-0.2, -0.15) is 5.26 Å². The summed E-state index contributed by atoms with van der Waals surface area (Å²) >= 11 is 3.30. The Morgan fingerprint density at radius 3 is 2.85 bits per heavy atom. The Morgan fingerprint density at radius 2 is 2.31 bits per heavy atom. The van der Waals surface area contributed by atoms with Crippen LogP contribution in [0.3, 0.4) is 0 Å². The second kappa shape index (κ2) is 4.26. The lowest BCUT2D eigenvalue weighted by atomic mass is 10.1. The smallest absolute Gasteiger partial charge is 0.124 e. The molecule has 0 fully saturated rings. The molecule has 0 aliphatic carbocycles. The van der Waals surface area contributed by atoms with Gasteiger partial charge in [-0.25, -0.2) is 0 Å². The molecule has 0 bridgehead atoms. The molecule has 1 rings (SSSR count). The van der Waals surface area contributed by atoms with Crippen molar-refractivity contribution >= 4 is 15.9 Å². The van der Waals surface area contributed by atoms with Gasteiger partial charge < -0.3 is 10.5 Å². The number of nitriles is 1. The summed E-state index contributed by atoms with van der Waals surface area (Å²) in [6, 6.07) is 6.71. The van der Waals surface area contributed by atoms with E-state index in [9.17, 15) is 0 Å².